The summed E-state index contributed by atoms with van der Waals surface area (Å²) in [5.41, 5.74) is 0.253. The van der Waals surface area contributed by atoms with Gasteiger partial charge >= 0.3 is 5.69 Å². The SMILES string of the molecule is CCN[C@H](C)CNC(=O)c1ccc(Oc2ccc(Cl)cc2[N+](=O)[O-])cc1. The van der Waals surface area contributed by atoms with Crippen LogP contribution in [0.3, 0.4) is 0 Å². The van der Waals surface area contributed by atoms with Gasteiger partial charge < -0.3 is 15.4 Å². The molecule has 8 heteroatoms. The van der Waals surface area contributed by atoms with Gasteiger partial charge in [-0.05, 0) is 49.9 Å². The number of hydrogen-bond acceptors (Lipinski definition) is 5. The summed E-state index contributed by atoms with van der Waals surface area (Å²) in [6.45, 7) is 5.34. The van der Waals surface area contributed by atoms with Gasteiger partial charge in [0.15, 0.2) is 0 Å². The number of nitrogens with zero attached hydrogens (tertiary/aromatic N) is 1. The topological polar surface area (TPSA) is 93.5 Å². The summed E-state index contributed by atoms with van der Waals surface area (Å²) in [7, 11) is 0. The van der Waals surface area contributed by atoms with Crippen molar-refractivity contribution in [1.29, 1.82) is 0 Å². The minimum atomic E-state index is -0.561. The highest BCUT2D eigenvalue weighted by molar-refractivity contribution is 6.30. The molecule has 7 nitrogen and oxygen atoms in total. The Balaban J connectivity index is 2.04. The maximum absolute atomic E-state index is 12.1. The van der Waals surface area contributed by atoms with Gasteiger partial charge in [0.25, 0.3) is 5.91 Å². The van der Waals surface area contributed by atoms with Crippen molar-refractivity contribution in [3.05, 3.63) is 63.2 Å². The summed E-state index contributed by atoms with van der Waals surface area (Å²) >= 11 is 5.78. The van der Waals surface area contributed by atoms with Crippen molar-refractivity contribution in [2.75, 3.05) is 13.1 Å². The molecule has 0 spiro atoms. The highest BCUT2D eigenvalue weighted by Crippen LogP contribution is 2.33. The lowest BCUT2D eigenvalue weighted by Crippen LogP contribution is -2.38. The van der Waals surface area contributed by atoms with Crippen LogP contribution < -0.4 is 15.4 Å². The third-order valence-corrected chi connectivity index (χ3v) is 3.82. The van der Waals surface area contributed by atoms with E-state index in [-0.39, 0.29) is 28.4 Å². The largest absolute Gasteiger partial charge is 0.450 e. The Kier molecular flexibility index (Phi) is 6.94. The van der Waals surface area contributed by atoms with Crippen molar-refractivity contribution >= 4 is 23.2 Å². The van der Waals surface area contributed by atoms with Gasteiger partial charge in [0.2, 0.25) is 5.75 Å². The molecule has 1 amide bonds. The molecule has 0 aliphatic carbocycles. The Bertz CT molecular complexity index is 781. The molecule has 0 aromatic heterocycles. The zero-order valence-corrected chi connectivity index (χ0v) is 15.2. The van der Waals surface area contributed by atoms with Crippen molar-refractivity contribution < 1.29 is 14.5 Å². The first-order valence-electron chi connectivity index (χ1n) is 8.14. The summed E-state index contributed by atoms with van der Waals surface area (Å²) < 4.78 is 5.55. The summed E-state index contributed by atoms with van der Waals surface area (Å²) in [6, 6.07) is 10.7. The van der Waals surface area contributed by atoms with Crippen LogP contribution in [0.15, 0.2) is 42.5 Å². The van der Waals surface area contributed by atoms with E-state index in [9.17, 15) is 14.9 Å². The molecule has 0 saturated carbocycles. The van der Waals surface area contributed by atoms with Crippen LogP contribution in [0.25, 0.3) is 0 Å². The maximum Gasteiger partial charge on any atom is 0.313 e. The number of rotatable bonds is 8. The first-order valence-corrected chi connectivity index (χ1v) is 8.52. The molecule has 138 valence electrons. The first-order chi connectivity index (χ1) is 12.4. The fourth-order valence-corrected chi connectivity index (χ4v) is 2.46. The monoisotopic (exact) mass is 377 g/mol. The predicted octanol–water partition coefficient (Wildman–Crippen LogP) is 3.77. The van der Waals surface area contributed by atoms with E-state index in [4.69, 9.17) is 16.3 Å². The molecule has 0 unspecified atom stereocenters. The van der Waals surface area contributed by atoms with Crippen molar-refractivity contribution in [2.24, 2.45) is 0 Å². The van der Waals surface area contributed by atoms with Gasteiger partial charge in [-0.25, -0.2) is 0 Å². The molecule has 0 aliphatic rings. The highest BCUT2D eigenvalue weighted by Gasteiger charge is 2.16. The van der Waals surface area contributed by atoms with Crippen molar-refractivity contribution in [2.45, 2.75) is 19.9 Å². The van der Waals surface area contributed by atoms with Gasteiger partial charge in [-0.15, -0.1) is 0 Å². The average Bonchev–Trinajstić information content (AvgIpc) is 2.62. The van der Waals surface area contributed by atoms with Crippen molar-refractivity contribution in [1.82, 2.24) is 10.6 Å². The quantitative estimate of drug-likeness (QED) is 0.539. The Morgan fingerprint density at radius 2 is 1.96 bits per heavy atom. The number of amides is 1. The number of benzene rings is 2. The molecular formula is C18H20ClN3O4. The normalized spacial score (nSPS) is 11.7. The van der Waals surface area contributed by atoms with Crippen LogP contribution in [0, 0.1) is 10.1 Å². The minimum absolute atomic E-state index is 0.0797. The Hall–Kier alpha value is -2.64. The molecule has 0 saturated heterocycles. The van der Waals surface area contributed by atoms with E-state index in [0.29, 0.717) is 17.9 Å². The summed E-state index contributed by atoms with van der Waals surface area (Å²) in [5.74, 6) is 0.267. The number of nitro groups is 1. The molecule has 0 radical (unpaired) electrons. The van der Waals surface area contributed by atoms with E-state index >= 15 is 0 Å². The standard InChI is InChI=1S/C18H20ClN3O4/c1-3-20-12(2)11-21-18(23)13-4-7-15(8-5-13)26-17-9-6-14(19)10-16(17)22(24)25/h4-10,12,20H,3,11H2,1-2H3,(H,21,23)/t12-/m1/s1. The van der Waals surface area contributed by atoms with E-state index in [2.05, 4.69) is 10.6 Å². The van der Waals surface area contributed by atoms with E-state index in [0.717, 1.165) is 6.54 Å². The molecule has 2 aromatic rings. The molecule has 0 aliphatic heterocycles. The molecule has 2 rings (SSSR count). The van der Waals surface area contributed by atoms with E-state index < -0.39 is 4.92 Å². The van der Waals surface area contributed by atoms with E-state index in [1.807, 2.05) is 13.8 Å². The minimum Gasteiger partial charge on any atom is -0.450 e. The van der Waals surface area contributed by atoms with Crippen LogP contribution in [-0.4, -0.2) is 30.0 Å². The summed E-state index contributed by atoms with van der Waals surface area (Å²) in [5, 5.41) is 17.4. The van der Waals surface area contributed by atoms with Gasteiger partial charge in [-0.1, -0.05) is 18.5 Å². The van der Waals surface area contributed by atoms with Crippen molar-refractivity contribution in [3.8, 4) is 11.5 Å². The van der Waals surface area contributed by atoms with Crippen LogP contribution >= 0.6 is 11.6 Å². The van der Waals surface area contributed by atoms with Crippen molar-refractivity contribution in [3.63, 3.8) is 0 Å². The number of halogens is 1. The van der Waals surface area contributed by atoms with Crippen LogP contribution in [0.4, 0.5) is 5.69 Å². The van der Waals surface area contributed by atoms with Crippen LogP contribution in [-0.2, 0) is 0 Å². The van der Waals surface area contributed by atoms with E-state index in [1.54, 1.807) is 24.3 Å². The van der Waals surface area contributed by atoms with Gasteiger partial charge in [-0.3, -0.25) is 14.9 Å². The maximum atomic E-state index is 12.1. The number of carbonyl (C=O) groups excluding carboxylic acids is 1. The zero-order valence-electron chi connectivity index (χ0n) is 14.5. The lowest BCUT2D eigenvalue weighted by Gasteiger charge is -2.13. The fraction of sp³-hybridized carbons (Fsp3) is 0.278. The number of likely N-dealkylation sites (N-methyl/N-ethyl adjacent to an activating group) is 1. The Morgan fingerprint density at radius 1 is 1.27 bits per heavy atom. The number of hydrogen-bond donors (Lipinski definition) is 2. The second-order valence-electron chi connectivity index (χ2n) is 5.66. The lowest BCUT2D eigenvalue weighted by molar-refractivity contribution is -0.385. The van der Waals surface area contributed by atoms with Gasteiger partial charge in [0.05, 0.1) is 4.92 Å². The smallest absolute Gasteiger partial charge is 0.313 e. The van der Waals surface area contributed by atoms with Gasteiger partial charge in [0, 0.05) is 29.2 Å². The molecule has 26 heavy (non-hydrogen) atoms. The second kappa shape index (κ2) is 9.17. The Morgan fingerprint density at radius 3 is 2.58 bits per heavy atom. The third kappa shape index (κ3) is 5.44. The van der Waals surface area contributed by atoms with Gasteiger partial charge in [0.1, 0.15) is 5.75 Å². The lowest BCUT2D eigenvalue weighted by atomic mass is 10.2. The predicted molar refractivity (Wildman–Crippen MR) is 100 cm³/mol. The number of carbonyl (C=O) groups is 1. The summed E-state index contributed by atoms with van der Waals surface area (Å²) in [4.78, 5) is 22.6. The molecule has 0 fully saturated rings. The molecule has 0 heterocycles. The van der Waals surface area contributed by atoms with E-state index in [1.165, 1.54) is 18.2 Å². The number of nitrogens with one attached hydrogen (secondary N) is 2. The molecule has 0 bridgehead atoms. The molecule has 1 atom stereocenters. The third-order valence-electron chi connectivity index (χ3n) is 3.58. The average molecular weight is 378 g/mol. The second-order valence-corrected chi connectivity index (χ2v) is 6.10. The van der Waals surface area contributed by atoms with Gasteiger partial charge in [-0.2, -0.15) is 0 Å². The molecular weight excluding hydrogens is 358 g/mol. The number of nitro benzene ring substituents is 1. The van der Waals surface area contributed by atoms with Crippen LogP contribution in [0.2, 0.25) is 5.02 Å². The Labute approximate surface area is 156 Å². The van der Waals surface area contributed by atoms with Crippen LogP contribution in [0.1, 0.15) is 24.2 Å². The highest BCUT2D eigenvalue weighted by atomic mass is 35.5. The fourth-order valence-electron chi connectivity index (χ4n) is 2.29. The molecule has 2 N–H and O–H groups in total. The first kappa shape index (κ1) is 19.7. The summed E-state index contributed by atoms with van der Waals surface area (Å²) in [6.07, 6.45) is 0. The number of ether oxygens (including phenoxy) is 1. The molecule has 2 aromatic carbocycles. The zero-order chi connectivity index (χ0) is 19.1. The van der Waals surface area contributed by atoms with Crippen LogP contribution in [0.5, 0.6) is 11.5 Å².